The van der Waals surface area contributed by atoms with E-state index in [1.54, 1.807) is 32.0 Å². The lowest BCUT2D eigenvalue weighted by Crippen LogP contribution is -2.48. The van der Waals surface area contributed by atoms with E-state index in [-0.39, 0.29) is 67.0 Å². The normalized spacial score (nSPS) is 29.0. The van der Waals surface area contributed by atoms with Crippen molar-refractivity contribution in [2.24, 2.45) is 29.1 Å². The zero-order chi connectivity index (χ0) is 32.4. The van der Waals surface area contributed by atoms with Crippen LogP contribution in [0.1, 0.15) is 51.0 Å². The maximum atomic E-state index is 14.5. The summed E-state index contributed by atoms with van der Waals surface area (Å²) in [7, 11) is 0. The monoisotopic (exact) mass is 638 g/mol. The van der Waals surface area contributed by atoms with Gasteiger partial charge in [0.25, 0.3) is 0 Å². The Kier molecular flexibility index (Phi) is 7.71. The number of halogens is 2. The maximum Gasteiger partial charge on any atom is 0.303 e. The fourth-order valence-electron chi connectivity index (χ4n) is 7.95. The maximum absolute atomic E-state index is 14.5. The number of rotatable bonds is 8. The van der Waals surface area contributed by atoms with Gasteiger partial charge in [0.2, 0.25) is 23.6 Å². The molecule has 45 heavy (non-hydrogen) atoms. The predicted octanol–water partition coefficient (Wildman–Crippen LogP) is 4.68. The van der Waals surface area contributed by atoms with Gasteiger partial charge in [-0.1, -0.05) is 35.4 Å². The first-order chi connectivity index (χ1) is 21.4. The number of phenols is 1. The highest BCUT2D eigenvalue weighted by molar-refractivity contribution is 6.31. The van der Waals surface area contributed by atoms with Gasteiger partial charge in [-0.05, 0) is 63.3 Å². The van der Waals surface area contributed by atoms with Gasteiger partial charge in [0.05, 0.1) is 40.5 Å². The molecule has 2 saturated heterocycles. The van der Waals surface area contributed by atoms with E-state index in [0.717, 1.165) is 15.9 Å². The lowest BCUT2D eigenvalue weighted by Gasteiger charge is -2.49. The summed E-state index contributed by atoms with van der Waals surface area (Å²) in [6.07, 6.45) is 2.06. The van der Waals surface area contributed by atoms with Crippen LogP contribution in [-0.2, 0) is 24.0 Å². The number of carbonyl (C=O) groups excluding carboxylic acids is 4. The molecule has 236 valence electrons. The van der Waals surface area contributed by atoms with E-state index in [0.29, 0.717) is 11.1 Å². The quantitative estimate of drug-likeness (QED) is 0.314. The summed E-state index contributed by atoms with van der Waals surface area (Å²) in [4.78, 5) is 69.2. The van der Waals surface area contributed by atoms with E-state index in [2.05, 4.69) is 0 Å². The van der Waals surface area contributed by atoms with Crippen molar-refractivity contribution in [2.75, 3.05) is 18.1 Å². The molecule has 2 N–H and O–H groups in total. The number of hydrogen-bond acceptors (Lipinski definition) is 7. The van der Waals surface area contributed by atoms with Crippen molar-refractivity contribution < 1.29 is 43.3 Å². The molecule has 4 amide bonds. The summed E-state index contributed by atoms with van der Waals surface area (Å²) in [5, 5.41) is 20.3. The number of nitrogens with zero attached hydrogens (tertiary/aromatic N) is 2. The average Bonchev–Trinajstić information content (AvgIpc) is 3.35. The van der Waals surface area contributed by atoms with E-state index in [4.69, 9.17) is 21.4 Å². The molecule has 0 unspecified atom stereocenters. The van der Waals surface area contributed by atoms with Crippen LogP contribution < -0.4 is 9.64 Å². The molecule has 0 spiro atoms. The number of aliphatic carboxylic acids is 1. The number of amides is 4. The van der Waals surface area contributed by atoms with Gasteiger partial charge in [-0.2, -0.15) is 0 Å². The van der Waals surface area contributed by atoms with Crippen molar-refractivity contribution in [2.45, 2.75) is 45.4 Å². The molecule has 2 aromatic rings. The number of likely N-dealkylation sites (tertiary alicyclic amines) is 1. The van der Waals surface area contributed by atoms with Crippen molar-refractivity contribution in [3.05, 3.63) is 64.5 Å². The van der Waals surface area contributed by atoms with Crippen molar-refractivity contribution in [3.8, 4) is 11.5 Å². The van der Waals surface area contributed by atoms with Crippen molar-refractivity contribution in [3.63, 3.8) is 0 Å². The molecule has 0 bridgehead atoms. The van der Waals surface area contributed by atoms with Crippen molar-refractivity contribution in [1.82, 2.24) is 4.90 Å². The van der Waals surface area contributed by atoms with Crippen molar-refractivity contribution >= 4 is 46.9 Å². The summed E-state index contributed by atoms with van der Waals surface area (Å²) >= 11 is 6.04. The van der Waals surface area contributed by atoms with Crippen LogP contribution in [0.3, 0.4) is 0 Å². The van der Waals surface area contributed by atoms with Gasteiger partial charge in [0.1, 0.15) is 5.82 Å². The van der Waals surface area contributed by atoms with Gasteiger partial charge in [-0.15, -0.1) is 0 Å². The van der Waals surface area contributed by atoms with Crippen LogP contribution in [0, 0.1) is 34.9 Å². The predicted molar refractivity (Wildman–Crippen MR) is 159 cm³/mol. The lowest BCUT2D eigenvalue weighted by atomic mass is 9.51. The topological polar surface area (TPSA) is 142 Å². The van der Waals surface area contributed by atoms with Gasteiger partial charge in [0.15, 0.2) is 11.5 Å². The van der Waals surface area contributed by atoms with Gasteiger partial charge in [-0.3, -0.25) is 28.9 Å². The minimum absolute atomic E-state index is 0.0305. The first-order valence-electron chi connectivity index (χ1n) is 15.0. The molecule has 2 heterocycles. The summed E-state index contributed by atoms with van der Waals surface area (Å²) in [5.41, 5.74) is -0.308. The van der Waals surface area contributed by atoms with Crippen LogP contribution in [0.5, 0.6) is 11.5 Å². The lowest BCUT2D eigenvalue weighted by molar-refractivity contribution is -0.142. The molecule has 2 aromatic carbocycles. The zero-order valence-electron chi connectivity index (χ0n) is 24.7. The highest BCUT2D eigenvalue weighted by atomic mass is 35.5. The van der Waals surface area contributed by atoms with E-state index < -0.39 is 64.5 Å². The molecule has 0 aromatic heterocycles. The zero-order valence-corrected chi connectivity index (χ0v) is 25.4. The van der Waals surface area contributed by atoms with E-state index in [1.165, 1.54) is 12.1 Å². The number of fused-ring (bicyclic) bond motifs is 4. The molecular weight excluding hydrogens is 607 g/mol. The molecule has 1 saturated carbocycles. The molecule has 3 fully saturated rings. The molecule has 6 rings (SSSR count). The number of benzene rings is 2. The first-order valence-corrected chi connectivity index (χ1v) is 15.3. The van der Waals surface area contributed by atoms with Crippen LogP contribution in [0.25, 0.3) is 0 Å². The van der Waals surface area contributed by atoms with Gasteiger partial charge in [-0.25, -0.2) is 9.29 Å². The number of phenolic OH excluding ortho intramolecular Hbond substituents is 1. The number of carbonyl (C=O) groups is 5. The molecule has 0 radical (unpaired) electrons. The number of carboxylic acids is 1. The summed E-state index contributed by atoms with van der Waals surface area (Å²) in [5.74, 6) is -7.61. The fourth-order valence-corrected chi connectivity index (χ4v) is 8.12. The van der Waals surface area contributed by atoms with Crippen LogP contribution in [0.2, 0.25) is 5.02 Å². The first kappa shape index (κ1) is 30.8. The third-order valence-electron chi connectivity index (χ3n) is 9.94. The van der Waals surface area contributed by atoms with Crippen LogP contribution in [0.15, 0.2) is 48.0 Å². The van der Waals surface area contributed by atoms with Crippen LogP contribution >= 0.6 is 11.6 Å². The van der Waals surface area contributed by atoms with E-state index >= 15 is 0 Å². The largest absolute Gasteiger partial charge is 0.504 e. The minimum atomic E-state index is -1.43. The number of ether oxygens (including phenoxy) is 1. The second kappa shape index (κ2) is 11.3. The average molecular weight is 639 g/mol. The Hall–Kier alpha value is -4.25. The van der Waals surface area contributed by atoms with Gasteiger partial charge >= 0.3 is 5.97 Å². The Morgan fingerprint density at radius 3 is 2.56 bits per heavy atom. The number of hydrogen-bond donors (Lipinski definition) is 2. The molecule has 2 aliphatic heterocycles. The summed E-state index contributed by atoms with van der Waals surface area (Å²) in [6, 6.07) is 8.53. The van der Waals surface area contributed by atoms with Gasteiger partial charge in [0, 0.05) is 24.4 Å². The molecule has 12 heteroatoms. The number of anilines is 1. The number of para-hydroxylation sites is 1. The smallest absolute Gasteiger partial charge is 0.303 e. The highest BCUT2D eigenvalue weighted by Crippen LogP contribution is 2.64. The Balaban J connectivity index is 1.48. The molecule has 10 nitrogen and oxygen atoms in total. The van der Waals surface area contributed by atoms with E-state index in [1.807, 2.05) is 6.08 Å². The van der Waals surface area contributed by atoms with Crippen molar-refractivity contribution in [1.29, 1.82) is 0 Å². The third kappa shape index (κ3) is 4.62. The van der Waals surface area contributed by atoms with Crippen LogP contribution in [-0.4, -0.2) is 57.9 Å². The second-order valence-corrected chi connectivity index (χ2v) is 12.6. The Morgan fingerprint density at radius 2 is 1.87 bits per heavy atom. The SMILES string of the molecule is CCOc1cccc([C@H]2C3=CC[C@@H]4C(=O)N(CCCC(=O)O)C(=O)[C@@H]4[C@@H]3C[C@H]3C(=O)N(c4ccc(F)c(Cl)c4)C(=O)[C@@]23C)c1O. The third-order valence-corrected chi connectivity index (χ3v) is 10.2. The second-order valence-electron chi connectivity index (χ2n) is 12.2. The summed E-state index contributed by atoms with van der Waals surface area (Å²) < 4.78 is 19.7. The molecule has 2 aliphatic carbocycles. The number of imide groups is 2. The number of allylic oxidation sites excluding steroid dienone is 2. The van der Waals surface area contributed by atoms with E-state index in [9.17, 15) is 33.5 Å². The Labute approximate surface area is 263 Å². The number of carboxylic acid groups (broad SMARTS) is 1. The Morgan fingerprint density at radius 1 is 1.11 bits per heavy atom. The number of aromatic hydroxyl groups is 1. The highest BCUT2D eigenvalue weighted by Gasteiger charge is 2.68. The van der Waals surface area contributed by atoms with Crippen LogP contribution in [0.4, 0.5) is 10.1 Å². The summed E-state index contributed by atoms with van der Waals surface area (Å²) in [6.45, 7) is 3.67. The minimum Gasteiger partial charge on any atom is -0.504 e. The van der Waals surface area contributed by atoms with Gasteiger partial charge < -0.3 is 14.9 Å². The molecule has 4 aliphatic rings. The molecule has 6 atom stereocenters. The fraction of sp³-hybridized carbons (Fsp3) is 0.424. The Bertz CT molecular complexity index is 1680. The standard InChI is InChI=1S/C33H32ClFN2O8/c1-3-45-24-7-4-6-19(28(24)40)27-17-10-11-18-26(31(43)36(29(18)41)13-5-8-25(38)39)20(17)15-21-30(42)37(32(44)33(21,27)2)16-9-12-23(35)22(34)14-16/h4,6-7,9-10,12,14,18,20-21,26-27,40H,3,5,8,11,13,15H2,1-2H3,(H,38,39)/t18-,20+,21-,26-,27+,33+/m0/s1. The molecular formula is C33H32ClFN2O8.